The van der Waals surface area contributed by atoms with Gasteiger partial charge in [0.2, 0.25) is 0 Å². The summed E-state index contributed by atoms with van der Waals surface area (Å²) in [6, 6.07) is 8.73. The fourth-order valence-corrected chi connectivity index (χ4v) is 3.21. The maximum Gasteiger partial charge on any atom is 0.134 e. The zero-order valence-corrected chi connectivity index (χ0v) is 12.7. The third-order valence-electron chi connectivity index (χ3n) is 4.48. The number of para-hydroxylation sites is 1. The van der Waals surface area contributed by atoms with Gasteiger partial charge in [0.05, 0.1) is 13.2 Å². The highest BCUT2D eigenvalue weighted by molar-refractivity contribution is 5.82. The first-order chi connectivity index (χ1) is 10.3. The number of fused-ring (bicyclic) bond motifs is 1. The molecule has 1 aromatic heterocycles. The second kappa shape index (κ2) is 6.60. The molecule has 0 amide bonds. The van der Waals surface area contributed by atoms with Crippen LogP contribution in [0, 0.1) is 0 Å². The van der Waals surface area contributed by atoms with E-state index in [1.807, 2.05) is 18.2 Å². The molecule has 1 fully saturated rings. The van der Waals surface area contributed by atoms with E-state index in [9.17, 15) is 0 Å². The average molecular weight is 288 g/mol. The lowest BCUT2D eigenvalue weighted by atomic mass is 10.1. The summed E-state index contributed by atoms with van der Waals surface area (Å²) in [7, 11) is 2.20. The van der Waals surface area contributed by atoms with Gasteiger partial charge >= 0.3 is 0 Å². The SMILES string of the molecule is CN1CCCC1CCOCc1c(CN)oc2ccccc12. The number of furan rings is 1. The number of nitrogens with zero attached hydrogens (tertiary/aromatic N) is 1. The van der Waals surface area contributed by atoms with E-state index >= 15 is 0 Å². The lowest BCUT2D eigenvalue weighted by Gasteiger charge is -2.18. The Kier molecular flexibility index (Phi) is 4.58. The van der Waals surface area contributed by atoms with Crippen molar-refractivity contribution in [2.75, 3.05) is 20.2 Å². The molecule has 3 rings (SSSR count). The van der Waals surface area contributed by atoms with Crippen molar-refractivity contribution < 1.29 is 9.15 Å². The minimum Gasteiger partial charge on any atom is -0.459 e. The Morgan fingerprint density at radius 1 is 1.38 bits per heavy atom. The van der Waals surface area contributed by atoms with Crippen molar-refractivity contribution in [1.82, 2.24) is 4.90 Å². The molecule has 4 nitrogen and oxygen atoms in total. The summed E-state index contributed by atoms with van der Waals surface area (Å²) in [6.45, 7) is 3.01. The summed E-state index contributed by atoms with van der Waals surface area (Å²) in [6.07, 6.45) is 3.71. The standard InChI is InChI=1S/C17H24N2O2/c1-19-9-4-5-13(19)8-10-20-12-15-14-6-2-3-7-16(14)21-17(15)11-18/h2-3,6-7,13H,4-5,8-12,18H2,1H3. The molecule has 1 unspecified atom stereocenters. The average Bonchev–Trinajstić information content (AvgIpc) is 3.07. The predicted molar refractivity (Wildman–Crippen MR) is 84.0 cm³/mol. The van der Waals surface area contributed by atoms with E-state index < -0.39 is 0 Å². The highest BCUT2D eigenvalue weighted by atomic mass is 16.5. The van der Waals surface area contributed by atoms with Crippen molar-refractivity contribution in [2.45, 2.75) is 38.5 Å². The number of rotatable bonds is 6. The fourth-order valence-electron chi connectivity index (χ4n) is 3.21. The van der Waals surface area contributed by atoms with Crippen molar-refractivity contribution in [3.05, 3.63) is 35.6 Å². The molecule has 1 aliphatic heterocycles. The molecule has 21 heavy (non-hydrogen) atoms. The van der Waals surface area contributed by atoms with Crippen LogP contribution in [0.1, 0.15) is 30.6 Å². The molecule has 1 aliphatic rings. The molecule has 1 aromatic carbocycles. The Hall–Kier alpha value is -1.36. The second-order valence-electron chi connectivity index (χ2n) is 5.82. The van der Waals surface area contributed by atoms with E-state index in [0.29, 0.717) is 19.2 Å². The first kappa shape index (κ1) is 14.6. The van der Waals surface area contributed by atoms with Gasteiger partial charge in [0.1, 0.15) is 11.3 Å². The minimum atomic E-state index is 0.415. The molecule has 1 saturated heterocycles. The van der Waals surface area contributed by atoms with Gasteiger partial charge in [0.25, 0.3) is 0 Å². The molecular formula is C17H24N2O2. The molecule has 114 valence electrons. The van der Waals surface area contributed by atoms with Crippen LogP contribution in [0.4, 0.5) is 0 Å². The van der Waals surface area contributed by atoms with Crippen LogP contribution in [0.2, 0.25) is 0 Å². The zero-order valence-electron chi connectivity index (χ0n) is 12.7. The largest absolute Gasteiger partial charge is 0.459 e. The van der Waals surface area contributed by atoms with Crippen molar-refractivity contribution in [3.63, 3.8) is 0 Å². The van der Waals surface area contributed by atoms with Crippen LogP contribution < -0.4 is 5.73 Å². The molecule has 2 N–H and O–H groups in total. The summed E-state index contributed by atoms with van der Waals surface area (Å²) in [5.41, 5.74) is 7.78. The van der Waals surface area contributed by atoms with E-state index in [-0.39, 0.29) is 0 Å². The van der Waals surface area contributed by atoms with Gasteiger partial charge < -0.3 is 19.8 Å². The maximum absolute atomic E-state index is 5.90. The minimum absolute atomic E-state index is 0.415. The van der Waals surface area contributed by atoms with Gasteiger partial charge in [-0.2, -0.15) is 0 Å². The van der Waals surface area contributed by atoms with Crippen LogP contribution in [-0.2, 0) is 17.9 Å². The zero-order chi connectivity index (χ0) is 14.7. The van der Waals surface area contributed by atoms with E-state index in [1.54, 1.807) is 0 Å². The lowest BCUT2D eigenvalue weighted by molar-refractivity contribution is 0.101. The van der Waals surface area contributed by atoms with Crippen LogP contribution in [0.15, 0.2) is 28.7 Å². The fraction of sp³-hybridized carbons (Fsp3) is 0.529. The maximum atomic E-state index is 5.90. The van der Waals surface area contributed by atoms with Crippen LogP contribution in [0.25, 0.3) is 11.0 Å². The van der Waals surface area contributed by atoms with E-state index in [2.05, 4.69) is 18.0 Å². The Bertz CT molecular complexity index is 593. The van der Waals surface area contributed by atoms with Gasteiger partial charge in [0.15, 0.2) is 0 Å². The quantitative estimate of drug-likeness (QED) is 0.830. The Morgan fingerprint density at radius 3 is 3.00 bits per heavy atom. The normalized spacial score (nSPS) is 19.6. The predicted octanol–water partition coefficient (Wildman–Crippen LogP) is 2.89. The van der Waals surface area contributed by atoms with Gasteiger partial charge in [-0.3, -0.25) is 0 Å². The number of benzene rings is 1. The summed E-state index contributed by atoms with van der Waals surface area (Å²) < 4.78 is 11.7. The summed E-state index contributed by atoms with van der Waals surface area (Å²) in [5.74, 6) is 0.842. The molecule has 2 heterocycles. The highest BCUT2D eigenvalue weighted by Gasteiger charge is 2.20. The van der Waals surface area contributed by atoms with Gasteiger partial charge in [-0.25, -0.2) is 0 Å². The molecule has 4 heteroatoms. The third kappa shape index (κ3) is 3.12. The molecule has 0 radical (unpaired) electrons. The van der Waals surface area contributed by atoms with Gasteiger partial charge in [-0.1, -0.05) is 18.2 Å². The Morgan fingerprint density at radius 2 is 2.24 bits per heavy atom. The highest BCUT2D eigenvalue weighted by Crippen LogP contribution is 2.26. The van der Waals surface area contributed by atoms with Crippen LogP contribution in [0.5, 0.6) is 0 Å². The van der Waals surface area contributed by atoms with Crippen molar-refractivity contribution >= 4 is 11.0 Å². The third-order valence-corrected chi connectivity index (χ3v) is 4.48. The van der Waals surface area contributed by atoms with Gasteiger partial charge in [-0.05, 0) is 38.9 Å². The number of hydrogen-bond donors (Lipinski definition) is 1. The van der Waals surface area contributed by atoms with E-state index in [4.69, 9.17) is 14.9 Å². The van der Waals surface area contributed by atoms with Crippen molar-refractivity contribution in [1.29, 1.82) is 0 Å². The molecule has 2 aromatic rings. The number of nitrogens with two attached hydrogens (primary N) is 1. The van der Waals surface area contributed by atoms with Gasteiger partial charge in [0, 0.05) is 23.6 Å². The molecule has 0 bridgehead atoms. The van der Waals surface area contributed by atoms with Crippen LogP contribution in [0.3, 0.4) is 0 Å². The van der Waals surface area contributed by atoms with E-state index in [0.717, 1.165) is 35.3 Å². The number of ether oxygens (including phenoxy) is 1. The molecule has 0 aliphatic carbocycles. The number of likely N-dealkylation sites (tertiary alicyclic amines) is 1. The lowest BCUT2D eigenvalue weighted by Crippen LogP contribution is -2.26. The molecular weight excluding hydrogens is 264 g/mol. The van der Waals surface area contributed by atoms with Gasteiger partial charge in [-0.15, -0.1) is 0 Å². The first-order valence-corrected chi connectivity index (χ1v) is 7.77. The topological polar surface area (TPSA) is 51.6 Å². The van der Waals surface area contributed by atoms with E-state index in [1.165, 1.54) is 19.4 Å². The summed E-state index contributed by atoms with van der Waals surface area (Å²) >= 11 is 0. The summed E-state index contributed by atoms with van der Waals surface area (Å²) in [4.78, 5) is 2.43. The van der Waals surface area contributed by atoms with Crippen LogP contribution in [-0.4, -0.2) is 31.1 Å². The second-order valence-corrected chi connectivity index (χ2v) is 5.82. The molecule has 1 atom stereocenters. The Balaban J connectivity index is 1.59. The molecule has 0 saturated carbocycles. The molecule has 0 spiro atoms. The van der Waals surface area contributed by atoms with Crippen molar-refractivity contribution in [2.24, 2.45) is 5.73 Å². The first-order valence-electron chi connectivity index (χ1n) is 7.77. The monoisotopic (exact) mass is 288 g/mol. The van der Waals surface area contributed by atoms with Crippen LogP contribution >= 0.6 is 0 Å². The Labute approximate surface area is 125 Å². The summed E-state index contributed by atoms with van der Waals surface area (Å²) in [5, 5.41) is 1.12. The number of hydrogen-bond acceptors (Lipinski definition) is 4. The smallest absolute Gasteiger partial charge is 0.134 e. The van der Waals surface area contributed by atoms with Crippen molar-refractivity contribution in [3.8, 4) is 0 Å².